The second-order valence-electron chi connectivity index (χ2n) is 4.64. The maximum Gasteiger partial charge on any atom is 0.241 e. The van der Waals surface area contributed by atoms with Crippen LogP contribution in [0.15, 0.2) is 16.3 Å². The molecule has 0 aromatic carbocycles. The Kier molecular flexibility index (Phi) is 3.87. The van der Waals surface area contributed by atoms with Gasteiger partial charge in [0.15, 0.2) is 0 Å². The highest BCUT2D eigenvalue weighted by molar-refractivity contribution is 7.89. The van der Waals surface area contributed by atoms with Crippen LogP contribution >= 0.6 is 11.3 Å². The molecule has 0 aliphatic heterocycles. The molecule has 96 valence electrons. The number of nitrogens with one attached hydrogen (secondary N) is 1. The normalized spacial score (nSPS) is 25.3. The summed E-state index contributed by atoms with van der Waals surface area (Å²) in [5.74, 6) is 0.596. The van der Waals surface area contributed by atoms with Crippen molar-refractivity contribution in [3.63, 3.8) is 0 Å². The summed E-state index contributed by atoms with van der Waals surface area (Å²) in [6.45, 7) is 2.03. The number of aliphatic hydroxyl groups excluding tert-OH is 1. The van der Waals surface area contributed by atoms with Gasteiger partial charge in [0.2, 0.25) is 10.0 Å². The fourth-order valence-electron chi connectivity index (χ4n) is 2.19. The molecule has 2 atom stereocenters. The number of sulfonamides is 1. The molecule has 1 aliphatic carbocycles. The van der Waals surface area contributed by atoms with Gasteiger partial charge in [0.1, 0.15) is 0 Å². The van der Waals surface area contributed by atoms with Crippen LogP contribution in [-0.2, 0) is 16.6 Å². The van der Waals surface area contributed by atoms with Crippen LogP contribution in [-0.4, -0.2) is 19.6 Å². The van der Waals surface area contributed by atoms with Crippen LogP contribution in [0.4, 0.5) is 0 Å². The molecule has 4 nitrogen and oxygen atoms in total. The molecule has 0 radical (unpaired) electrons. The van der Waals surface area contributed by atoms with E-state index in [0.717, 1.165) is 19.3 Å². The Morgan fingerprint density at radius 3 is 2.82 bits per heavy atom. The molecule has 17 heavy (non-hydrogen) atoms. The van der Waals surface area contributed by atoms with Gasteiger partial charge in [-0.05, 0) is 31.2 Å². The van der Waals surface area contributed by atoms with E-state index in [1.54, 1.807) is 5.38 Å². The third kappa shape index (κ3) is 3.07. The second-order valence-corrected chi connectivity index (χ2v) is 7.35. The van der Waals surface area contributed by atoms with Crippen LogP contribution in [0, 0.1) is 5.92 Å². The zero-order valence-electron chi connectivity index (χ0n) is 9.72. The quantitative estimate of drug-likeness (QED) is 0.879. The molecule has 1 aromatic rings. The summed E-state index contributed by atoms with van der Waals surface area (Å²) in [6, 6.07) is 1.60. The van der Waals surface area contributed by atoms with Crippen molar-refractivity contribution in [1.82, 2.24) is 4.72 Å². The maximum absolute atomic E-state index is 12.0. The molecule has 1 saturated carbocycles. The van der Waals surface area contributed by atoms with Gasteiger partial charge >= 0.3 is 0 Å². The van der Waals surface area contributed by atoms with Crippen molar-refractivity contribution in [2.75, 3.05) is 0 Å². The lowest BCUT2D eigenvalue weighted by molar-refractivity contribution is 0.285. The molecule has 1 heterocycles. The van der Waals surface area contributed by atoms with Gasteiger partial charge in [0, 0.05) is 16.3 Å². The van der Waals surface area contributed by atoms with E-state index in [4.69, 9.17) is 5.11 Å². The van der Waals surface area contributed by atoms with Crippen molar-refractivity contribution in [2.24, 2.45) is 5.92 Å². The molecular weight excluding hydrogens is 258 g/mol. The summed E-state index contributed by atoms with van der Waals surface area (Å²) in [6.07, 6.45) is 2.91. The zero-order valence-corrected chi connectivity index (χ0v) is 11.4. The largest absolute Gasteiger partial charge is 0.391 e. The van der Waals surface area contributed by atoms with Gasteiger partial charge in [-0.2, -0.15) is 0 Å². The molecule has 0 bridgehead atoms. The minimum atomic E-state index is -3.41. The predicted molar refractivity (Wildman–Crippen MR) is 67.4 cm³/mol. The Bertz CT molecular complexity index is 481. The van der Waals surface area contributed by atoms with E-state index >= 15 is 0 Å². The van der Waals surface area contributed by atoms with Crippen molar-refractivity contribution in [3.8, 4) is 0 Å². The molecule has 0 saturated heterocycles. The summed E-state index contributed by atoms with van der Waals surface area (Å²) < 4.78 is 26.8. The Morgan fingerprint density at radius 1 is 1.53 bits per heavy atom. The summed E-state index contributed by atoms with van der Waals surface area (Å²) in [7, 11) is -3.41. The van der Waals surface area contributed by atoms with Crippen molar-refractivity contribution >= 4 is 21.4 Å². The van der Waals surface area contributed by atoms with E-state index in [1.165, 1.54) is 17.4 Å². The van der Waals surface area contributed by atoms with Crippen LogP contribution in [0.3, 0.4) is 0 Å². The van der Waals surface area contributed by atoms with E-state index in [9.17, 15) is 8.42 Å². The molecule has 0 amide bonds. The predicted octanol–water partition coefficient (Wildman–Crippen LogP) is 1.71. The third-order valence-corrected chi connectivity index (χ3v) is 5.68. The highest BCUT2D eigenvalue weighted by Crippen LogP contribution is 2.27. The lowest BCUT2D eigenvalue weighted by Crippen LogP contribution is -2.32. The molecule has 0 spiro atoms. The fourth-order valence-corrected chi connectivity index (χ4v) is 4.60. The lowest BCUT2D eigenvalue weighted by Gasteiger charge is -2.11. The SMILES string of the molecule is CC1CCC(NS(=O)(=O)c2csc(CO)c2)C1. The van der Waals surface area contributed by atoms with Crippen LogP contribution in [0.2, 0.25) is 0 Å². The molecule has 2 N–H and O–H groups in total. The van der Waals surface area contributed by atoms with E-state index in [1.807, 2.05) is 0 Å². The van der Waals surface area contributed by atoms with Crippen LogP contribution in [0.1, 0.15) is 31.1 Å². The Balaban J connectivity index is 2.08. The minimum Gasteiger partial charge on any atom is -0.391 e. The average Bonchev–Trinajstić information content (AvgIpc) is 2.86. The van der Waals surface area contributed by atoms with E-state index < -0.39 is 10.0 Å². The monoisotopic (exact) mass is 275 g/mol. The number of rotatable bonds is 4. The van der Waals surface area contributed by atoms with Crippen LogP contribution in [0.5, 0.6) is 0 Å². The highest BCUT2D eigenvalue weighted by Gasteiger charge is 2.26. The smallest absolute Gasteiger partial charge is 0.241 e. The maximum atomic E-state index is 12.0. The highest BCUT2D eigenvalue weighted by atomic mass is 32.2. The number of hydrogen-bond donors (Lipinski definition) is 2. The average molecular weight is 275 g/mol. The topological polar surface area (TPSA) is 66.4 Å². The molecule has 2 unspecified atom stereocenters. The zero-order chi connectivity index (χ0) is 12.5. The van der Waals surface area contributed by atoms with Gasteiger partial charge < -0.3 is 5.11 Å². The number of thiophene rings is 1. The first-order chi connectivity index (χ1) is 8.01. The van der Waals surface area contributed by atoms with Gasteiger partial charge in [-0.1, -0.05) is 6.92 Å². The minimum absolute atomic E-state index is 0.0625. The van der Waals surface area contributed by atoms with Crippen molar-refractivity contribution < 1.29 is 13.5 Å². The molecule has 1 fully saturated rings. The van der Waals surface area contributed by atoms with Crippen LogP contribution in [0.25, 0.3) is 0 Å². The summed E-state index contributed by atoms with van der Waals surface area (Å²) in [4.78, 5) is 0.941. The Labute approximate surface area is 106 Å². The van der Waals surface area contributed by atoms with Crippen molar-refractivity contribution in [1.29, 1.82) is 0 Å². The van der Waals surface area contributed by atoms with Gasteiger partial charge in [-0.3, -0.25) is 0 Å². The second kappa shape index (κ2) is 5.06. The first kappa shape index (κ1) is 13.0. The molecule has 2 rings (SSSR count). The summed E-state index contributed by atoms with van der Waals surface area (Å²) >= 11 is 1.27. The Morgan fingerprint density at radius 2 is 2.29 bits per heavy atom. The van der Waals surface area contributed by atoms with E-state index in [-0.39, 0.29) is 17.5 Å². The van der Waals surface area contributed by atoms with Gasteiger partial charge in [0.25, 0.3) is 0 Å². The first-order valence-electron chi connectivity index (χ1n) is 5.72. The first-order valence-corrected chi connectivity index (χ1v) is 8.08. The molecule has 1 aromatic heterocycles. The van der Waals surface area contributed by atoms with E-state index in [0.29, 0.717) is 10.8 Å². The van der Waals surface area contributed by atoms with Gasteiger partial charge in [-0.25, -0.2) is 13.1 Å². The molecular formula is C11H17NO3S2. The number of aliphatic hydroxyl groups is 1. The Hall–Kier alpha value is -0.430. The molecule has 6 heteroatoms. The van der Waals surface area contributed by atoms with Crippen molar-refractivity contribution in [2.45, 2.75) is 43.7 Å². The van der Waals surface area contributed by atoms with Crippen LogP contribution < -0.4 is 4.72 Å². The summed E-state index contributed by atoms with van der Waals surface area (Å²) in [5, 5.41) is 10.5. The third-order valence-electron chi connectivity index (χ3n) is 3.11. The van der Waals surface area contributed by atoms with E-state index in [2.05, 4.69) is 11.6 Å². The molecule has 1 aliphatic rings. The van der Waals surface area contributed by atoms with Gasteiger partial charge in [-0.15, -0.1) is 11.3 Å². The number of hydrogen-bond acceptors (Lipinski definition) is 4. The summed E-state index contributed by atoms with van der Waals surface area (Å²) in [5.41, 5.74) is 0. The standard InChI is InChI=1S/C11H17NO3S2/c1-8-2-3-9(4-8)12-17(14,15)11-5-10(6-13)16-7-11/h5,7-9,12-13H,2-4,6H2,1H3. The lowest BCUT2D eigenvalue weighted by atomic mass is 10.1. The van der Waals surface area contributed by atoms with Gasteiger partial charge in [0.05, 0.1) is 11.5 Å². The fraction of sp³-hybridized carbons (Fsp3) is 0.636. The van der Waals surface area contributed by atoms with Crippen molar-refractivity contribution in [3.05, 3.63) is 16.3 Å².